The number of fused-ring (bicyclic) bond motifs is 2. The Kier molecular flexibility index (Phi) is 9.44. The Labute approximate surface area is 314 Å². The summed E-state index contributed by atoms with van der Waals surface area (Å²) in [5.74, 6) is -2.10. The van der Waals surface area contributed by atoms with E-state index in [1.807, 2.05) is 0 Å². The van der Waals surface area contributed by atoms with Gasteiger partial charge < -0.3 is 0 Å². The Morgan fingerprint density at radius 2 is 0.920 bits per heavy atom. The minimum absolute atomic E-state index is 0.212. The van der Waals surface area contributed by atoms with Crippen molar-refractivity contribution in [1.29, 1.82) is 0 Å². The topological polar surface area (TPSA) is 0 Å². The first-order chi connectivity index (χ1) is 23.1. The van der Waals surface area contributed by atoms with Crippen LogP contribution in [0.1, 0.15) is 42.3 Å². The first-order valence-corrected chi connectivity index (χ1v) is 45.5. The molecule has 8 heteroatoms. The second-order valence-electron chi connectivity index (χ2n) is 17.6. The Hall–Kier alpha value is -1.08. The Balaban J connectivity index is 1.69. The van der Waals surface area contributed by atoms with Gasteiger partial charge in [-0.1, -0.05) is 0 Å². The van der Waals surface area contributed by atoms with Gasteiger partial charge in [0.05, 0.1) is 0 Å². The average molecular weight is 936 g/mol. The zero-order valence-electron chi connectivity index (χ0n) is 30.9. The summed E-state index contributed by atoms with van der Waals surface area (Å²) in [4.78, 5) is 0. The normalized spacial score (nSPS) is 19.9. The first-order valence-electron chi connectivity index (χ1n) is 17.9. The molecule has 0 fully saturated rings. The summed E-state index contributed by atoms with van der Waals surface area (Å²) in [6.45, 7) is 6.72. The van der Waals surface area contributed by atoms with Crippen LogP contribution in [0.3, 0.4) is 0 Å². The Morgan fingerprint density at radius 1 is 0.560 bits per heavy atom. The van der Waals surface area contributed by atoms with Gasteiger partial charge in [-0.2, -0.15) is 0 Å². The summed E-state index contributed by atoms with van der Waals surface area (Å²) < 4.78 is 1.29. The van der Waals surface area contributed by atoms with Crippen molar-refractivity contribution >= 4 is 59.5 Å². The summed E-state index contributed by atoms with van der Waals surface area (Å²) >= 11 is 9.50. The fraction of sp³-hybridized carbons (Fsp3) is 0.333. The van der Waals surface area contributed by atoms with Gasteiger partial charge in [0.25, 0.3) is 0 Å². The third-order valence-electron chi connectivity index (χ3n) is 11.7. The maximum absolute atomic E-state index is 9.15. The third kappa shape index (κ3) is 6.55. The molecule has 0 bridgehead atoms. The summed E-state index contributed by atoms with van der Waals surface area (Å²) in [6.07, 6.45) is 6.71. The molecule has 0 amide bonds. The molecular weight excluding hydrogens is 882 g/mol. The van der Waals surface area contributed by atoms with Crippen molar-refractivity contribution in [2.45, 2.75) is 33.2 Å². The maximum atomic E-state index is 9.15. The molecule has 0 radical (unpaired) electrons. The number of hydrogen-bond donors (Lipinski definition) is 0. The monoisotopic (exact) mass is 931 g/mol. The molecule has 2 aliphatic carbocycles. The third-order valence-corrected chi connectivity index (χ3v) is 116. The molecule has 0 aliphatic heterocycles. The van der Waals surface area contributed by atoms with E-state index in [4.69, 9.17) is 41.5 Å². The zero-order chi connectivity index (χ0) is 36.4. The van der Waals surface area contributed by atoms with E-state index in [1.54, 1.807) is 0 Å². The minimum atomic E-state index is -6.57. The molecule has 50 heavy (non-hydrogen) atoms. The van der Waals surface area contributed by atoms with Crippen LogP contribution in [0.2, 0.25) is 13.1 Å². The fourth-order valence-corrected chi connectivity index (χ4v) is 55.5. The first kappa shape index (κ1) is 38.6. The van der Waals surface area contributed by atoms with Gasteiger partial charge >= 0.3 is 318 Å². The van der Waals surface area contributed by atoms with Gasteiger partial charge in [-0.05, 0) is 0 Å². The number of rotatable bonds is 11. The van der Waals surface area contributed by atoms with E-state index in [9.17, 15) is 0 Å². The van der Waals surface area contributed by atoms with E-state index in [0.29, 0.717) is 0 Å². The summed E-state index contributed by atoms with van der Waals surface area (Å²) in [6, 6.07) is 35.1. The van der Waals surface area contributed by atoms with E-state index in [0.717, 1.165) is 34.9 Å². The van der Waals surface area contributed by atoms with Crippen LogP contribution in [0.15, 0.2) is 108 Å². The van der Waals surface area contributed by atoms with Crippen LogP contribution in [0.4, 0.5) is 0 Å². The Morgan fingerprint density at radius 3 is 1.24 bits per heavy atom. The number of quaternary nitrogens is 2. The predicted molar refractivity (Wildman–Crippen MR) is 229 cm³/mol. The van der Waals surface area contributed by atoms with Crippen LogP contribution >= 0.6 is 41.5 Å². The number of nitrogens with zero attached hydrogens (tertiary/aromatic N) is 2. The molecule has 0 saturated heterocycles. The molecule has 0 spiro atoms. The molecule has 2 atom stereocenters. The van der Waals surface area contributed by atoms with Gasteiger partial charge in [-0.15, -0.1) is 0 Å². The van der Waals surface area contributed by atoms with Crippen molar-refractivity contribution in [2.75, 3.05) is 55.4 Å². The Bertz CT molecular complexity index is 1900. The van der Waals surface area contributed by atoms with E-state index < -0.39 is 13.8 Å². The molecule has 2 nitrogen and oxygen atoms in total. The molecule has 6 rings (SSSR count). The molecular formula is C42H53Br2Cl2N2SiZr+2. The van der Waals surface area contributed by atoms with Crippen molar-refractivity contribution in [3.05, 3.63) is 130 Å². The van der Waals surface area contributed by atoms with Crippen LogP contribution in [0.25, 0.3) is 34.4 Å². The zero-order valence-corrected chi connectivity index (χ0v) is 39.2. The second kappa shape index (κ2) is 12.2. The van der Waals surface area contributed by atoms with Gasteiger partial charge in [-0.3, -0.25) is 0 Å². The molecule has 4 aromatic carbocycles. The van der Waals surface area contributed by atoms with Crippen LogP contribution in [-0.2, 0) is 7.89 Å². The van der Waals surface area contributed by atoms with E-state index in [2.05, 4.69) is 165 Å². The average Bonchev–Trinajstić information content (AvgIpc) is 3.63. The number of hydrogen-bond acceptors (Lipinski definition) is 0. The summed E-state index contributed by atoms with van der Waals surface area (Å²) in [7, 11) is 25.4. The standard InChI is InChI=1S/2C20H23N.C2H7Si.2BrH.2ClH.Zr/c2*1-21(2,3)13-12-16-14-18-10-7-11-19(20(18)15-16)17-8-5-4-6-9-17;1-3-2;;;;;/h2*4-11,14-15H,12-13H2,1-3H3;3H,1-2H3;4*1H;/q2*+1;;;;;;+4/p-4. The van der Waals surface area contributed by atoms with E-state index in [1.165, 1.54) is 55.7 Å². The predicted octanol–water partition coefficient (Wildman–Crippen LogP) is 12.5. The van der Waals surface area contributed by atoms with Crippen molar-refractivity contribution in [3.63, 3.8) is 0 Å². The van der Waals surface area contributed by atoms with Crippen LogP contribution in [0, 0.1) is 0 Å². The van der Waals surface area contributed by atoms with Gasteiger partial charge in [0.1, 0.15) is 0 Å². The second-order valence-corrected chi connectivity index (χ2v) is 130. The van der Waals surface area contributed by atoms with Gasteiger partial charge in [-0.25, -0.2) is 0 Å². The van der Waals surface area contributed by atoms with E-state index in [-0.39, 0.29) is 7.25 Å². The van der Waals surface area contributed by atoms with Gasteiger partial charge in [0.2, 0.25) is 0 Å². The number of halogens is 4. The van der Waals surface area contributed by atoms with Crippen LogP contribution < -0.4 is 0 Å². The van der Waals surface area contributed by atoms with Gasteiger partial charge in [0.15, 0.2) is 0 Å². The summed E-state index contributed by atoms with van der Waals surface area (Å²) in [5, 5.41) is 0. The molecule has 4 aromatic rings. The van der Waals surface area contributed by atoms with Gasteiger partial charge in [0, 0.05) is 0 Å². The molecule has 2 aliphatic rings. The van der Waals surface area contributed by atoms with Crippen LogP contribution in [-0.4, -0.2) is 70.3 Å². The van der Waals surface area contributed by atoms with Crippen molar-refractivity contribution < 1.29 is 16.9 Å². The molecule has 0 aromatic heterocycles. The quantitative estimate of drug-likeness (QED) is 0.104. The van der Waals surface area contributed by atoms with Crippen molar-refractivity contribution in [2.24, 2.45) is 0 Å². The molecule has 0 heterocycles. The molecule has 2 unspecified atom stereocenters. The SMILES string of the molecule is C[SiH](C)[Zr]([Cl])([Cl])([Br])([Br])([CH]1C(CC[N+](C)(C)C)=Cc2c(-c3ccccc3)cccc21)[CH]1C(CC[N+](C)(C)C)=Cc2c(-c3ccccc3)cccc21. The van der Waals surface area contributed by atoms with Crippen LogP contribution in [0.5, 0.6) is 0 Å². The molecule has 265 valence electrons. The number of benzene rings is 4. The van der Waals surface area contributed by atoms with E-state index >= 15 is 0 Å². The molecule has 0 N–H and O–H groups in total. The summed E-state index contributed by atoms with van der Waals surface area (Å²) in [5.41, 5.74) is 12.5. The fourth-order valence-electron chi connectivity index (χ4n) is 8.68. The molecule has 0 saturated carbocycles. The van der Waals surface area contributed by atoms with Crippen molar-refractivity contribution in [3.8, 4) is 22.3 Å². The van der Waals surface area contributed by atoms with Crippen molar-refractivity contribution in [1.82, 2.24) is 0 Å².